The highest BCUT2D eigenvalue weighted by Gasteiger charge is 2.57. The van der Waals surface area contributed by atoms with Crippen LogP contribution in [0.2, 0.25) is 0 Å². The van der Waals surface area contributed by atoms with Crippen LogP contribution in [-0.4, -0.2) is 98.5 Å². The van der Waals surface area contributed by atoms with Crippen LogP contribution in [0, 0.1) is 41.4 Å². The lowest BCUT2D eigenvalue weighted by Gasteiger charge is -2.62. The van der Waals surface area contributed by atoms with E-state index in [1.165, 1.54) is 6.42 Å². The van der Waals surface area contributed by atoms with Gasteiger partial charge in [-0.1, -0.05) is 59.7 Å². The van der Waals surface area contributed by atoms with Gasteiger partial charge in [-0.25, -0.2) is 0 Å². The Morgan fingerprint density at radius 3 is 2.38 bits per heavy atom. The van der Waals surface area contributed by atoms with Gasteiger partial charge in [0, 0.05) is 56.4 Å². The normalized spacial score (nSPS) is 27.9. The van der Waals surface area contributed by atoms with Crippen LogP contribution in [0.1, 0.15) is 89.2 Å². The Balaban J connectivity index is 1.42. The van der Waals surface area contributed by atoms with Crippen LogP contribution in [0.15, 0.2) is 36.4 Å². The number of nitrogens with zero attached hydrogens (tertiary/aromatic N) is 3. The first-order valence-corrected chi connectivity index (χ1v) is 19.7. The molecule has 3 saturated carbocycles. The zero-order valence-electron chi connectivity index (χ0n) is 34.5. The molecule has 6 rings (SSSR count). The van der Waals surface area contributed by atoms with E-state index >= 15 is 0 Å². The summed E-state index contributed by atoms with van der Waals surface area (Å²) in [5, 5.41) is 19.5. The van der Waals surface area contributed by atoms with Crippen LogP contribution in [0.5, 0.6) is 0 Å². The molecule has 4 fully saturated rings. The molecule has 2 aromatic carbocycles. The maximum atomic E-state index is 14.3. The van der Waals surface area contributed by atoms with Crippen molar-refractivity contribution in [3.63, 3.8) is 0 Å². The Morgan fingerprint density at radius 1 is 1.11 bits per heavy atom. The van der Waals surface area contributed by atoms with Crippen molar-refractivity contribution in [2.24, 2.45) is 40.2 Å². The van der Waals surface area contributed by atoms with Gasteiger partial charge in [-0.3, -0.25) is 14.4 Å². The number of amides is 2. The number of aliphatic hydroxyl groups excluding tert-OH is 1. The van der Waals surface area contributed by atoms with Crippen LogP contribution in [-0.2, 0) is 16.2 Å². The van der Waals surface area contributed by atoms with Crippen LogP contribution in [0.4, 0.5) is 5.69 Å². The summed E-state index contributed by atoms with van der Waals surface area (Å²) < 4.78 is 0. The molecule has 1 heterocycles. The van der Waals surface area contributed by atoms with Gasteiger partial charge in [0.05, 0.1) is 18.8 Å². The molecular formula is C43H68N6O4. The van der Waals surface area contributed by atoms with Gasteiger partial charge in [-0.05, 0) is 116 Å². The maximum absolute atomic E-state index is 14.3. The summed E-state index contributed by atoms with van der Waals surface area (Å²) in [5.74, 6) is 0.916. The molecule has 4 aliphatic rings. The number of benzene rings is 2. The van der Waals surface area contributed by atoms with E-state index in [0.717, 1.165) is 47.3 Å². The summed E-state index contributed by atoms with van der Waals surface area (Å²) in [4.78, 5) is 38.7. The number of hydrogen-bond donors (Lipinski definition) is 4. The third-order valence-electron chi connectivity index (χ3n) is 12.7. The van der Waals surface area contributed by atoms with E-state index in [1.54, 1.807) is 12.0 Å². The second kappa shape index (κ2) is 16.0. The molecule has 53 heavy (non-hydrogen) atoms. The van der Waals surface area contributed by atoms with E-state index < -0.39 is 24.2 Å². The van der Waals surface area contributed by atoms with Gasteiger partial charge in [0.15, 0.2) is 0 Å². The van der Waals surface area contributed by atoms with Crippen LogP contribution < -0.4 is 21.3 Å². The Labute approximate surface area is 319 Å². The second-order valence-electron chi connectivity index (χ2n) is 18.7. The van der Waals surface area contributed by atoms with Gasteiger partial charge in [-0.15, -0.1) is 0 Å². The number of nitrogens with two attached hydrogens (primary N) is 1. The van der Waals surface area contributed by atoms with E-state index in [2.05, 4.69) is 82.2 Å². The molecule has 10 nitrogen and oxygen atoms in total. The Morgan fingerprint density at radius 2 is 1.81 bits per heavy atom. The zero-order valence-corrected chi connectivity index (χ0v) is 34.5. The lowest BCUT2D eigenvalue weighted by Crippen LogP contribution is -2.62. The monoisotopic (exact) mass is 733 g/mol. The highest BCUT2D eigenvalue weighted by Crippen LogP contribution is 2.61. The molecule has 3 aliphatic carbocycles. The molecule has 1 aliphatic heterocycles. The minimum absolute atomic E-state index is 0.00121. The van der Waals surface area contributed by atoms with Crippen molar-refractivity contribution >= 4 is 17.5 Å². The fourth-order valence-corrected chi connectivity index (χ4v) is 9.63. The topological polar surface area (TPSA) is 123 Å². The molecule has 0 aromatic heterocycles. The van der Waals surface area contributed by atoms with Gasteiger partial charge in [0.2, 0.25) is 5.91 Å². The Bertz CT molecular complexity index is 1620. The van der Waals surface area contributed by atoms with Gasteiger partial charge in [0.1, 0.15) is 6.04 Å². The summed E-state index contributed by atoms with van der Waals surface area (Å²) in [6, 6.07) is 11.6. The minimum atomic E-state index is -0.785. The maximum Gasteiger partial charge on any atom is 0.251 e. The number of hydroxylamine groups is 2. The zero-order chi connectivity index (χ0) is 39.2. The van der Waals surface area contributed by atoms with Crippen LogP contribution in [0.3, 0.4) is 0 Å². The first-order valence-electron chi connectivity index (χ1n) is 19.7. The second-order valence-corrected chi connectivity index (χ2v) is 18.7. The SMILES string of the molecule is Cc1c(CN2O[C@@H](CN)[C@@H]([C@H](C)O)[C@H]2C(=O)N[C@H]2C[C@@H]3C[C@H]([C@@H]2C)C3(C)C)cccc1-c1cc(C(=O)N[C@H](CN(C)C)CC(C)(C)C)cc(N(C)C)c1. The number of rotatable bonds is 13. The summed E-state index contributed by atoms with van der Waals surface area (Å²) in [6.07, 6.45) is 1.79. The first kappa shape index (κ1) is 41.1. The number of hydrogen-bond acceptors (Lipinski definition) is 8. The number of nitrogens with one attached hydrogen (secondary N) is 2. The quantitative estimate of drug-likeness (QED) is 0.215. The summed E-state index contributed by atoms with van der Waals surface area (Å²) in [5.41, 5.74) is 12.1. The lowest BCUT2D eigenvalue weighted by molar-refractivity contribution is -0.175. The van der Waals surface area contributed by atoms with Gasteiger partial charge in [0.25, 0.3) is 5.91 Å². The highest BCUT2D eigenvalue weighted by molar-refractivity contribution is 5.97. The summed E-state index contributed by atoms with van der Waals surface area (Å²) >= 11 is 0. The predicted octanol–water partition coefficient (Wildman–Crippen LogP) is 5.45. The van der Waals surface area contributed by atoms with Gasteiger partial charge >= 0.3 is 0 Å². The van der Waals surface area contributed by atoms with Gasteiger partial charge in [-0.2, -0.15) is 5.06 Å². The molecular weight excluding hydrogens is 665 g/mol. The molecule has 9 atom stereocenters. The Hall–Kier alpha value is -3.02. The molecule has 294 valence electrons. The third kappa shape index (κ3) is 8.94. The third-order valence-corrected chi connectivity index (χ3v) is 12.7. The molecule has 10 heteroatoms. The van der Waals surface area contributed by atoms with Crippen molar-refractivity contribution in [1.29, 1.82) is 0 Å². The largest absolute Gasteiger partial charge is 0.393 e. The average Bonchev–Trinajstić information content (AvgIpc) is 3.43. The molecule has 0 spiro atoms. The first-order chi connectivity index (χ1) is 24.7. The molecule has 0 radical (unpaired) electrons. The van der Waals surface area contributed by atoms with E-state index in [9.17, 15) is 14.7 Å². The van der Waals surface area contributed by atoms with Crippen molar-refractivity contribution < 1.29 is 19.5 Å². The van der Waals surface area contributed by atoms with Crippen molar-refractivity contribution in [2.75, 3.05) is 46.2 Å². The van der Waals surface area contributed by atoms with E-state index in [0.29, 0.717) is 35.3 Å². The average molecular weight is 733 g/mol. The van der Waals surface area contributed by atoms with Crippen molar-refractivity contribution in [3.05, 3.63) is 53.1 Å². The van der Waals surface area contributed by atoms with Crippen molar-refractivity contribution in [2.45, 2.75) is 112 Å². The molecule has 5 N–H and O–H groups in total. The van der Waals surface area contributed by atoms with Crippen LogP contribution in [0.25, 0.3) is 11.1 Å². The number of carbonyl (C=O) groups is 2. The number of fused-ring (bicyclic) bond motifs is 2. The van der Waals surface area contributed by atoms with E-state index in [-0.39, 0.29) is 35.9 Å². The lowest BCUT2D eigenvalue weighted by atomic mass is 9.45. The number of aliphatic hydroxyl groups is 1. The summed E-state index contributed by atoms with van der Waals surface area (Å²) in [6.45, 7) is 18.7. The van der Waals surface area contributed by atoms with Gasteiger partial charge < -0.3 is 31.3 Å². The predicted molar refractivity (Wildman–Crippen MR) is 214 cm³/mol. The molecule has 2 bridgehead atoms. The summed E-state index contributed by atoms with van der Waals surface area (Å²) in [7, 11) is 8.03. The van der Waals surface area contributed by atoms with E-state index in [1.807, 2.05) is 51.3 Å². The Kier molecular flexibility index (Phi) is 12.4. The smallest absolute Gasteiger partial charge is 0.251 e. The fourth-order valence-electron chi connectivity index (χ4n) is 9.63. The van der Waals surface area contributed by atoms with Crippen LogP contribution >= 0.6 is 0 Å². The number of anilines is 1. The fraction of sp³-hybridized carbons (Fsp3) is 0.674. The molecule has 0 unspecified atom stereocenters. The molecule has 2 amide bonds. The molecule has 1 saturated heterocycles. The van der Waals surface area contributed by atoms with Crippen molar-refractivity contribution in [1.82, 2.24) is 20.6 Å². The van der Waals surface area contributed by atoms with E-state index in [4.69, 9.17) is 10.6 Å². The number of likely N-dealkylation sites (N-methyl/N-ethyl adjacent to an activating group) is 1. The number of carbonyl (C=O) groups excluding carboxylic acids is 2. The van der Waals surface area contributed by atoms with Crippen molar-refractivity contribution in [3.8, 4) is 11.1 Å². The minimum Gasteiger partial charge on any atom is -0.393 e. The highest BCUT2D eigenvalue weighted by atomic mass is 16.7. The molecule has 2 aromatic rings. The standard InChI is InChI=1S/C43H68N6O4/c1-25-28(23-49-39(38(27(3)50)37(22-44)53-49)41(52)46-36-20-31-19-35(26(36)2)43(31,7)8)14-13-15-34(25)29-16-30(18-33(17-29)48(11)12)40(51)45-32(24-47(9)10)21-42(4,5)6/h13-18,26-27,31-32,35-39,50H,19-24,44H2,1-12H3,(H,45,51)(H,46,52)/t26-,27-,31-,32-,35+,36-,37-,38+,39-/m0/s1.